The standard InChI is InChI=1S/C23H29N5O4S/c1-16-4-6-19(7-5-16)23-26-20(15-32-23)8-11-24-22(29)18-9-12-28(13-10-18)33(30,31)21-14-27(3)17(2)25-21/h4-7,14-15,18H,8-13H2,1-3H3,(H,24,29). The summed E-state index contributed by atoms with van der Waals surface area (Å²) in [5.74, 6) is 0.944. The molecule has 9 nitrogen and oxygen atoms in total. The number of piperidine rings is 1. The van der Waals surface area contributed by atoms with Crippen LogP contribution in [-0.4, -0.2) is 52.8 Å². The van der Waals surface area contributed by atoms with Crippen LogP contribution in [0.2, 0.25) is 0 Å². The molecule has 1 fully saturated rings. The van der Waals surface area contributed by atoms with Gasteiger partial charge in [-0.2, -0.15) is 4.31 Å². The molecule has 1 aromatic carbocycles. The number of carbonyl (C=O) groups is 1. The first-order valence-electron chi connectivity index (χ1n) is 11.0. The van der Waals surface area contributed by atoms with Crippen LogP contribution in [0.25, 0.3) is 11.5 Å². The number of benzene rings is 1. The molecular weight excluding hydrogens is 442 g/mol. The molecule has 0 unspecified atom stereocenters. The molecule has 1 aliphatic heterocycles. The van der Waals surface area contributed by atoms with Crippen molar-refractivity contribution in [3.63, 3.8) is 0 Å². The number of nitrogens with zero attached hydrogens (tertiary/aromatic N) is 4. The summed E-state index contributed by atoms with van der Waals surface area (Å²) in [6, 6.07) is 7.95. The fourth-order valence-electron chi connectivity index (χ4n) is 3.85. The summed E-state index contributed by atoms with van der Waals surface area (Å²) in [7, 11) is -1.87. The van der Waals surface area contributed by atoms with E-state index < -0.39 is 10.0 Å². The van der Waals surface area contributed by atoms with Crippen molar-refractivity contribution in [1.82, 2.24) is 24.2 Å². The Kier molecular flexibility index (Phi) is 6.66. The molecule has 0 radical (unpaired) electrons. The molecule has 0 aliphatic carbocycles. The van der Waals surface area contributed by atoms with Crippen molar-refractivity contribution in [3.8, 4) is 11.5 Å². The third kappa shape index (κ3) is 5.17. The quantitative estimate of drug-likeness (QED) is 0.567. The molecule has 1 amide bonds. The Morgan fingerprint density at radius 2 is 1.85 bits per heavy atom. The molecular formula is C23H29N5O4S. The largest absolute Gasteiger partial charge is 0.444 e. The molecule has 33 heavy (non-hydrogen) atoms. The smallest absolute Gasteiger partial charge is 0.262 e. The summed E-state index contributed by atoms with van der Waals surface area (Å²) < 4.78 is 34.3. The Hall–Kier alpha value is -2.98. The molecule has 10 heteroatoms. The monoisotopic (exact) mass is 471 g/mol. The normalized spacial score (nSPS) is 15.6. The number of amides is 1. The Balaban J connectivity index is 1.25. The van der Waals surface area contributed by atoms with Crippen LogP contribution < -0.4 is 5.32 Å². The molecule has 4 rings (SSSR count). The van der Waals surface area contributed by atoms with Gasteiger partial charge in [0.25, 0.3) is 10.0 Å². The maximum Gasteiger partial charge on any atom is 0.262 e. The molecule has 0 atom stereocenters. The van der Waals surface area contributed by atoms with E-state index in [-0.39, 0.29) is 16.9 Å². The summed E-state index contributed by atoms with van der Waals surface area (Å²) >= 11 is 0. The average Bonchev–Trinajstić information content (AvgIpc) is 3.41. The maximum atomic E-state index is 12.8. The SMILES string of the molecule is Cc1ccc(-c2nc(CCNC(=O)C3CCN(S(=O)(=O)c4cn(C)c(C)n4)CC3)co2)cc1. The second-order valence-corrected chi connectivity index (χ2v) is 10.4. The van der Waals surface area contributed by atoms with E-state index in [9.17, 15) is 13.2 Å². The lowest BCUT2D eigenvalue weighted by molar-refractivity contribution is -0.126. The predicted molar refractivity (Wildman–Crippen MR) is 123 cm³/mol. The van der Waals surface area contributed by atoms with Gasteiger partial charge >= 0.3 is 0 Å². The molecule has 3 aromatic rings. The van der Waals surface area contributed by atoms with Gasteiger partial charge in [0.15, 0.2) is 5.03 Å². The minimum absolute atomic E-state index is 0.0528. The first kappa shape index (κ1) is 23.2. The van der Waals surface area contributed by atoms with E-state index in [1.807, 2.05) is 31.2 Å². The number of nitrogens with one attached hydrogen (secondary N) is 1. The number of sulfonamides is 1. The van der Waals surface area contributed by atoms with E-state index in [0.29, 0.717) is 50.6 Å². The number of carbonyl (C=O) groups excluding carboxylic acids is 1. The first-order valence-corrected chi connectivity index (χ1v) is 12.5. The molecule has 0 saturated carbocycles. The van der Waals surface area contributed by atoms with E-state index in [1.165, 1.54) is 16.1 Å². The lowest BCUT2D eigenvalue weighted by atomic mass is 9.97. The number of hydrogen-bond acceptors (Lipinski definition) is 6. The fourth-order valence-corrected chi connectivity index (χ4v) is 5.34. The van der Waals surface area contributed by atoms with Crippen molar-refractivity contribution >= 4 is 15.9 Å². The summed E-state index contributed by atoms with van der Waals surface area (Å²) in [6.45, 7) is 4.85. The summed E-state index contributed by atoms with van der Waals surface area (Å²) in [5.41, 5.74) is 2.86. The molecule has 2 aromatic heterocycles. The number of aromatic nitrogens is 3. The van der Waals surface area contributed by atoms with E-state index in [2.05, 4.69) is 15.3 Å². The summed E-state index contributed by atoms with van der Waals surface area (Å²) in [4.78, 5) is 21.2. The van der Waals surface area contributed by atoms with Gasteiger partial charge in [0.1, 0.15) is 12.1 Å². The van der Waals surface area contributed by atoms with Gasteiger partial charge in [0, 0.05) is 50.8 Å². The van der Waals surface area contributed by atoms with Gasteiger partial charge in [-0.05, 0) is 38.8 Å². The Morgan fingerprint density at radius 1 is 1.15 bits per heavy atom. The van der Waals surface area contributed by atoms with Gasteiger partial charge < -0.3 is 14.3 Å². The van der Waals surface area contributed by atoms with Gasteiger partial charge in [-0.25, -0.2) is 18.4 Å². The predicted octanol–water partition coefficient (Wildman–Crippen LogP) is 2.45. The average molecular weight is 472 g/mol. The van der Waals surface area contributed by atoms with Crippen LogP contribution in [0.3, 0.4) is 0 Å². The number of aryl methyl sites for hydroxylation is 3. The highest BCUT2D eigenvalue weighted by Gasteiger charge is 2.33. The summed E-state index contributed by atoms with van der Waals surface area (Å²) in [6.07, 6.45) is 4.67. The van der Waals surface area contributed by atoms with Crippen molar-refractivity contribution in [2.45, 2.75) is 38.1 Å². The highest BCUT2D eigenvalue weighted by atomic mass is 32.2. The van der Waals surface area contributed by atoms with Gasteiger partial charge in [-0.15, -0.1) is 0 Å². The second-order valence-electron chi connectivity index (χ2n) is 8.47. The van der Waals surface area contributed by atoms with Crippen LogP contribution in [-0.2, 0) is 28.3 Å². The Bertz CT molecular complexity index is 1200. The van der Waals surface area contributed by atoms with Crippen molar-refractivity contribution in [3.05, 3.63) is 53.8 Å². The van der Waals surface area contributed by atoms with Crippen LogP contribution in [0.1, 0.15) is 29.9 Å². The number of hydrogen-bond donors (Lipinski definition) is 1. The minimum Gasteiger partial charge on any atom is -0.444 e. The molecule has 1 saturated heterocycles. The van der Waals surface area contributed by atoms with Gasteiger partial charge in [-0.3, -0.25) is 4.79 Å². The molecule has 176 valence electrons. The van der Waals surface area contributed by atoms with Crippen LogP contribution in [0.5, 0.6) is 0 Å². The molecule has 1 N–H and O–H groups in total. The van der Waals surface area contributed by atoms with E-state index in [0.717, 1.165) is 11.3 Å². The number of rotatable bonds is 7. The van der Waals surface area contributed by atoms with Gasteiger partial charge in [-0.1, -0.05) is 17.7 Å². The molecule has 0 spiro atoms. The van der Waals surface area contributed by atoms with Crippen LogP contribution >= 0.6 is 0 Å². The van der Waals surface area contributed by atoms with Gasteiger partial charge in [0.05, 0.1) is 5.69 Å². The van der Waals surface area contributed by atoms with E-state index in [4.69, 9.17) is 4.42 Å². The van der Waals surface area contributed by atoms with Crippen molar-refractivity contribution in [1.29, 1.82) is 0 Å². The third-order valence-electron chi connectivity index (χ3n) is 6.05. The highest BCUT2D eigenvalue weighted by Crippen LogP contribution is 2.24. The van der Waals surface area contributed by atoms with Crippen LogP contribution in [0, 0.1) is 19.8 Å². The minimum atomic E-state index is -3.64. The van der Waals surface area contributed by atoms with E-state index in [1.54, 1.807) is 24.8 Å². The van der Waals surface area contributed by atoms with Gasteiger partial charge in [0.2, 0.25) is 11.8 Å². The van der Waals surface area contributed by atoms with Crippen LogP contribution in [0.4, 0.5) is 0 Å². The van der Waals surface area contributed by atoms with Crippen molar-refractivity contribution in [2.24, 2.45) is 13.0 Å². The second kappa shape index (κ2) is 9.48. The summed E-state index contributed by atoms with van der Waals surface area (Å²) in [5, 5.41) is 3.01. The topological polar surface area (TPSA) is 110 Å². The lowest BCUT2D eigenvalue weighted by Crippen LogP contribution is -2.43. The first-order chi connectivity index (χ1) is 15.7. The Labute approximate surface area is 193 Å². The zero-order chi connectivity index (χ0) is 23.6. The maximum absolute atomic E-state index is 12.8. The van der Waals surface area contributed by atoms with Crippen LogP contribution in [0.15, 0.2) is 46.2 Å². The number of imidazole rings is 1. The zero-order valence-corrected chi connectivity index (χ0v) is 19.9. The highest BCUT2D eigenvalue weighted by molar-refractivity contribution is 7.89. The fraction of sp³-hybridized carbons (Fsp3) is 0.435. The number of oxazole rings is 1. The Morgan fingerprint density at radius 3 is 2.48 bits per heavy atom. The third-order valence-corrected chi connectivity index (χ3v) is 7.82. The molecule has 1 aliphatic rings. The molecule has 3 heterocycles. The van der Waals surface area contributed by atoms with Crippen molar-refractivity contribution in [2.75, 3.05) is 19.6 Å². The zero-order valence-electron chi connectivity index (χ0n) is 19.1. The van der Waals surface area contributed by atoms with E-state index >= 15 is 0 Å². The van der Waals surface area contributed by atoms with Crippen molar-refractivity contribution < 1.29 is 17.6 Å². The molecule has 0 bridgehead atoms. The lowest BCUT2D eigenvalue weighted by Gasteiger charge is -2.29.